The number of aliphatic carboxylic acids is 1. The van der Waals surface area contributed by atoms with Crippen molar-refractivity contribution >= 4 is 27.6 Å². The average molecular weight is 346 g/mol. The molecular weight excluding hydrogens is 330 g/mol. The van der Waals surface area contributed by atoms with Crippen LogP contribution in [0.15, 0.2) is 22.7 Å². The molecule has 7 heteroatoms. The van der Waals surface area contributed by atoms with Crippen LogP contribution in [0.1, 0.15) is 32.1 Å². The largest absolute Gasteiger partial charge is 0.487 e. The van der Waals surface area contributed by atoms with Crippen molar-refractivity contribution in [1.82, 2.24) is 0 Å². The first-order valence-corrected chi connectivity index (χ1v) is 7.08. The summed E-state index contributed by atoms with van der Waals surface area (Å²) in [6, 6.07) is 4.66. The molecule has 0 aliphatic carbocycles. The molecule has 0 spiro atoms. The molecule has 0 unspecified atom stereocenters. The van der Waals surface area contributed by atoms with Gasteiger partial charge in [-0.15, -0.1) is 0 Å². The van der Waals surface area contributed by atoms with Crippen LogP contribution < -0.4 is 4.74 Å². The fourth-order valence-corrected chi connectivity index (χ4v) is 2.02. The maximum Gasteiger partial charge on any atom is 0.312 e. The van der Waals surface area contributed by atoms with Crippen molar-refractivity contribution in [3.63, 3.8) is 0 Å². The number of unbranched alkanes of at least 4 members (excludes halogenated alkanes) is 3. The van der Waals surface area contributed by atoms with Crippen LogP contribution in [-0.4, -0.2) is 22.6 Å². The monoisotopic (exact) mass is 345 g/mol. The van der Waals surface area contributed by atoms with Crippen LogP contribution in [0, 0.1) is 10.1 Å². The zero-order chi connectivity index (χ0) is 15.0. The lowest BCUT2D eigenvalue weighted by Gasteiger charge is -2.06. The van der Waals surface area contributed by atoms with Crippen LogP contribution in [0.4, 0.5) is 5.69 Å². The smallest absolute Gasteiger partial charge is 0.312 e. The lowest BCUT2D eigenvalue weighted by Crippen LogP contribution is -2.01. The van der Waals surface area contributed by atoms with E-state index in [1.165, 1.54) is 6.07 Å². The topological polar surface area (TPSA) is 89.7 Å². The summed E-state index contributed by atoms with van der Waals surface area (Å²) in [6.45, 7) is 0.384. The minimum absolute atomic E-state index is 0.0646. The molecule has 0 aliphatic heterocycles. The van der Waals surface area contributed by atoms with Crippen LogP contribution in [0.25, 0.3) is 0 Å². The summed E-state index contributed by atoms with van der Waals surface area (Å²) in [5.41, 5.74) is -0.0646. The molecule has 110 valence electrons. The van der Waals surface area contributed by atoms with Crippen molar-refractivity contribution < 1.29 is 19.6 Å². The highest BCUT2D eigenvalue weighted by Gasteiger charge is 2.15. The van der Waals surface area contributed by atoms with E-state index in [9.17, 15) is 14.9 Å². The molecule has 1 N–H and O–H groups in total. The van der Waals surface area contributed by atoms with Gasteiger partial charge in [-0.2, -0.15) is 0 Å². The van der Waals surface area contributed by atoms with Crippen LogP contribution in [0.2, 0.25) is 0 Å². The van der Waals surface area contributed by atoms with E-state index in [2.05, 4.69) is 15.9 Å². The number of ether oxygens (including phenoxy) is 1. The van der Waals surface area contributed by atoms with Crippen molar-refractivity contribution in [1.29, 1.82) is 0 Å². The fraction of sp³-hybridized carbons (Fsp3) is 0.462. The van der Waals surface area contributed by atoms with Crippen LogP contribution in [0.3, 0.4) is 0 Å². The number of carboxylic acid groups (broad SMARTS) is 1. The van der Waals surface area contributed by atoms with E-state index in [1.807, 2.05) is 0 Å². The Kier molecular flexibility index (Phi) is 7.00. The predicted octanol–water partition coefficient (Wildman–Crippen LogP) is 3.77. The molecule has 0 bridgehead atoms. The molecule has 0 amide bonds. The first kappa shape index (κ1) is 16.4. The van der Waals surface area contributed by atoms with Gasteiger partial charge in [0.2, 0.25) is 0 Å². The lowest BCUT2D eigenvalue weighted by atomic mass is 10.1. The zero-order valence-electron chi connectivity index (χ0n) is 10.9. The van der Waals surface area contributed by atoms with Gasteiger partial charge in [-0.3, -0.25) is 14.9 Å². The number of nitro groups is 1. The van der Waals surface area contributed by atoms with Gasteiger partial charge in [0.1, 0.15) is 0 Å². The number of hydrogen-bond donors (Lipinski definition) is 1. The van der Waals surface area contributed by atoms with Gasteiger partial charge in [0.15, 0.2) is 5.75 Å². The normalized spacial score (nSPS) is 10.2. The van der Waals surface area contributed by atoms with E-state index in [-0.39, 0.29) is 17.9 Å². The van der Waals surface area contributed by atoms with Gasteiger partial charge in [0.25, 0.3) is 0 Å². The highest BCUT2D eigenvalue weighted by molar-refractivity contribution is 9.10. The van der Waals surface area contributed by atoms with E-state index in [4.69, 9.17) is 9.84 Å². The molecule has 0 saturated heterocycles. The van der Waals surface area contributed by atoms with Crippen LogP contribution in [-0.2, 0) is 4.79 Å². The number of carboxylic acids is 1. The predicted molar refractivity (Wildman–Crippen MR) is 77.0 cm³/mol. The molecular formula is C13H16BrNO5. The third-order valence-corrected chi connectivity index (χ3v) is 3.15. The number of halogens is 1. The number of benzene rings is 1. The third kappa shape index (κ3) is 6.01. The molecule has 20 heavy (non-hydrogen) atoms. The van der Waals surface area contributed by atoms with E-state index in [1.54, 1.807) is 12.1 Å². The minimum Gasteiger partial charge on any atom is -0.487 e. The maximum absolute atomic E-state index is 10.9. The van der Waals surface area contributed by atoms with Crippen molar-refractivity contribution in [2.45, 2.75) is 32.1 Å². The Morgan fingerprint density at radius 1 is 1.30 bits per heavy atom. The summed E-state index contributed by atoms with van der Waals surface area (Å²) in [5.74, 6) is -0.532. The Bertz CT molecular complexity index is 478. The first-order valence-electron chi connectivity index (χ1n) is 6.29. The summed E-state index contributed by atoms with van der Waals surface area (Å²) in [7, 11) is 0. The molecule has 0 aromatic heterocycles. The van der Waals surface area contributed by atoms with E-state index in [0.717, 1.165) is 19.3 Å². The molecule has 0 saturated carbocycles. The van der Waals surface area contributed by atoms with Gasteiger partial charge in [0, 0.05) is 17.0 Å². The summed E-state index contributed by atoms with van der Waals surface area (Å²) in [4.78, 5) is 20.7. The quantitative estimate of drug-likeness (QED) is 0.418. The minimum atomic E-state index is -0.785. The van der Waals surface area contributed by atoms with Gasteiger partial charge >= 0.3 is 11.7 Å². The number of rotatable bonds is 9. The Balaban J connectivity index is 2.32. The molecule has 0 fully saturated rings. The van der Waals surface area contributed by atoms with E-state index in [0.29, 0.717) is 17.5 Å². The zero-order valence-corrected chi connectivity index (χ0v) is 12.5. The highest BCUT2D eigenvalue weighted by Crippen LogP contribution is 2.30. The van der Waals surface area contributed by atoms with Gasteiger partial charge in [0.05, 0.1) is 11.5 Å². The standard InChI is InChI=1S/C13H16BrNO5/c14-10-6-7-12(11(9-10)15(18)19)20-8-4-2-1-3-5-13(16)17/h6-7,9H,1-5,8H2,(H,16,17). The second-order valence-corrected chi connectivity index (χ2v) is 5.19. The van der Waals surface area contributed by atoms with Crippen molar-refractivity contribution in [3.05, 3.63) is 32.8 Å². The Hall–Kier alpha value is -1.63. The second kappa shape index (κ2) is 8.52. The molecule has 0 heterocycles. The summed E-state index contributed by atoms with van der Waals surface area (Å²) in [6.07, 6.45) is 3.23. The SMILES string of the molecule is O=C(O)CCCCCCOc1ccc(Br)cc1[N+](=O)[O-]. The maximum atomic E-state index is 10.9. The summed E-state index contributed by atoms with van der Waals surface area (Å²) < 4.78 is 6.03. The Morgan fingerprint density at radius 2 is 2.00 bits per heavy atom. The van der Waals surface area contributed by atoms with Crippen LogP contribution >= 0.6 is 15.9 Å². The molecule has 0 atom stereocenters. The fourth-order valence-electron chi connectivity index (χ4n) is 1.67. The van der Waals surface area contributed by atoms with E-state index >= 15 is 0 Å². The summed E-state index contributed by atoms with van der Waals surface area (Å²) >= 11 is 3.18. The van der Waals surface area contributed by atoms with Gasteiger partial charge < -0.3 is 9.84 Å². The summed E-state index contributed by atoms with van der Waals surface area (Å²) in [5, 5.41) is 19.3. The van der Waals surface area contributed by atoms with E-state index < -0.39 is 10.9 Å². The van der Waals surface area contributed by atoms with Gasteiger partial charge in [-0.25, -0.2) is 0 Å². The molecule has 0 radical (unpaired) electrons. The Labute approximate surface area is 125 Å². The molecule has 0 aliphatic rings. The third-order valence-electron chi connectivity index (χ3n) is 2.66. The number of carbonyl (C=O) groups is 1. The highest BCUT2D eigenvalue weighted by atomic mass is 79.9. The second-order valence-electron chi connectivity index (χ2n) is 4.28. The first-order chi connectivity index (χ1) is 9.50. The Morgan fingerprint density at radius 3 is 2.65 bits per heavy atom. The molecule has 1 rings (SSSR count). The van der Waals surface area contributed by atoms with Crippen molar-refractivity contribution in [3.8, 4) is 5.75 Å². The number of nitro benzene ring substituents is 1. The van der Waals surface area contributed by atoms with Gasteiger partial charge in [-0.05, 0) is 25.0 Å². The lowest BCUT2D eigenvalue weighted by molar-refractivity contribution is -0.385. The average Bonchev–Trinajstić information content (AvgIpc) is 2.38. The van der Waals surface area contributed by atoms with Gasteiger partial charge in [-0.1, -0.05) is 28.8 Å². The molecule has 1 aromatic rings. The molecule has 6 nitrogen and oxygen atoms in total. The van der Waals surface area contributed by atoms with Crippen molar-refractivity contribution in [2.24, 2.45) is 0 Å². The number of hydrogen-bond acceptors (Lipinski definition) is 4. The molecule has 1 aromatic carbocycles. The van der Waals surface area contributed by atoms with Crippen molar-refractivity contribution in [2.75, 3.05) is 6.61 Å². The van der Waals surface area contributed by atoms with Crippen LogP contribution in [0.5, 0.6) is 5.75 Å². The number of nitrogens with zero attached hydrogens (tertiary/aromatic N) is 1.